The van der Waals surface area contributed by atoms with E-state index in [0.29, 0.717) is 16.9 Å². The van der Waals surface area contributed by atoms with E-state index in [-0.39, 0.29) is 36.9 Å². The van der Waals surface area contributed by atoms with Crippen LogP contribution in [-0.2, 0) is 9.59 Å². The van der Waals surface area contributed by atoms with Crippen molar-refractivity contribution in [1.29, 1.82) is 0 Å². The minimum absolute atomic E-state index is 0.0912. The number of likely N-dealkylation sites (N-methyl/N-ethyl adjacent to an activating group) is 1. The van der Waals surface area contributed by atoms with E-state index in [9.17, 15) is 19.2 Å². The van der Waals surface area contributed by atoms with Crippen molar-refractivity contribution in [2.24, 2.45) is 0 Å². The van der Waals surface area contributed by atoms with Gasteiger partial charge in [-0.3, -0.25) is 19.2 Å². The van der Waals surface area contributed by atoms with Crippen LogP contribution in [0.2, 0.25) is 0 Å². The number of hydrogen-bond donors (Lipinski definition) is 2. The van der Waals surface area contributed by atoms with Crippen LogP contribution >= 0.6 is 0 Å². The van der Waals surface area contributed by atoms with Crippen LogP contribution in [0.15, 0.2) is 48.5 Å². The maximum Gasteiger partial charge on any atom is 0.305 e. The Morgan fingerprint density at radius 3 is 2.55 bits per heavy atom. The minimum atomic E-state index is -1.06. The number of aliphatic carboxylic acids is 1. The molecule has 10 heteroatoms. The number of rotatable bonds is 6. The minimum Gasteiger partial charge on any atom is -0.481 e. The van der Waals surface area contributed by atoms with Gasteiger partial charge in [0.15, 0.2) is 0 Å². The molecule has 5 rings (SSSR count). The summed E-state index contributed by atoms with van der Waals surface area (Å²) in [6.07, 6.45) is 3.07. The van der Waals surface area contributed by atoms with Gasteiger partial charge in [-0.2, -0.15) is 0 Å². The second-order valence-corrected chi connectivity index (χ2v) is 9.60. The highest BCUT2D eigenvalue weighted by molar-refractivity contribution is 6.14. The molecule has 38 heavy (non-hydrogen) atoms. The molecular formula is C28H29N5O5. The number of carbonyl (C=O) groups excluding carboxylic acids is 3. The SMILES string of the molecule is CN1C(=O)CN(CCC(=O)O)C(=O)c2cc(NC(=O)c3cc(N4CCCCC4)nc4ccccc34)ccc21. The number of carboxylic acids is 1. The zero-order valence-electron chi connectivity index (χ0n) is 21.1. The van der Waals surface area contributed by atoms with E-state index >= 15 is 0 Å². The number of nitrogens with one attached hydrogen (secondary N) is 1. The summed E-state index contributed by atoms with van der Waals surface area (Å²) in [6, 6.07) is 14.1. The molecule has 1 aromatic heterocycles. The number of carbonyl (C=O) groups is 4. The van der Waals surface area contributed by atoms with Gasteiger partial charge < -0.3 is 25.1 Å². The molecule has 1 saturated heterocycles. The normalized spacial score (nSPS) is 15.9. The number of anilines is 3. The Labute approximate surface area is 219 Å². The number of nitrogens with zero attached hydrogens (tertiary/aromatic N) is 4. The fourth-order valence-corrected chi connectivity index (χ4v) is 4.97. The number of pyridine rings is 1. The van der Waals surface area contributed by atoms with E-state index in [1.165, 1.54) is 22.3 Å². The zero-order valence-corrected chi connectivity index (χ0v) is 21.1. The molecule has 2 aliphatic rings. The van der Waals surface area contributed by atoms with Crippen LogP contribution in [0.1, 0.15) is 46.4 Å². The lowest BCUT2D eigenvalue weighted by Gasteiger charge is -2.28. The molecule has 3 amide bonds. The predicted molar refractivity (Wildman–Crippen MR) is 144 cm³/mol. The first-order chi connectivity index (χ1) is 18.3. The number of hydrogen-bond acceptors (Lipinski definition) is 6. The molecule has 0 aliphatic carbocycles. The predicted octanol–water partition coefficient (Wildman–Crippen LogP) is 3.37. The maximum absolute atomic E-state index is 13.6. The second-order valence-electron chi connectivity index (χ2n) is 9.60. The first kappa shape index (κ1) is 25.2. The van der Waals surface area contributed by atoms with E-state index < -0.39 is 11.9 Å². The Morgan fingerprint density at radius 2 is 1.79 bits per heavy atom. The highest BCUT2D eigenvalue weighted by Crippen LogP contribution is 2.30. The smallest absolute Gasteiger partial charge is 0.305 e. The van der Waals surface area contributed by atoms with Crippen LogP contribution in [-0.4, -0.2) is 71.9 Å². The van der Waals surface area contributed by atoms with Gasteiger partial charge in [0.25, 0.3) is 11.8 Å². The van der Waals surface area contributed by atoms with E-state index in [2.05, 4.69) is 10.2 Å². The van der Waals surface area contributed by atoms with Crippen molar-refractivity contribution in [3.05, 3.63) is 59.7 Å². The highest BCUT2D eigenvalue weighted by atomic mass is 16.4. The molecule has 0 saturated carbocycles. The van der Waals surface area contributed by atoms with Crippen LogP contribution in [0.5, 0.6) is 0 Å². The molecule has 2 aliphatic heterocycles. The van der Waals surface area contributed by atoms with Gasteiger partial charge in [0.05, 0.1) is 28.8 Å². The first-order valence-electron chi connectivity index (χ1n) is 12.7. The van der Waals surface area contributed by atoms with E-state index in [0.717, 1.165) is 42.7 Å². The second kappa shape index (κ2) is 10.5. The van der Waals surface area contributed by atoms with Crippen LogP contribution in [0.3, 0.4) is 0 Å². The Bertz CT molecular complexity index is 1430. The van der Waals surface area contributed by atoms with Gasteiger partial charge >= 0.3 is 5.97 Å². The van der Waals surface area contributed by atoms with Crippen LogP contribution < -0.4 is 15.1 Å². The average molecular weight is 516 g/mol. The molecule has 0 spiro atoms. The quantitative estimate of drug-likeness (QED) is 0.516. The number of fused-ring (bicyclic) bond motifs is 2. The third-order valence-electron chi connectivity index (χ3n) is 7.06. The molecular weight excluding hydrogens is 486 g/mol. The van der Waals surface area contributed by atoms with Gasteiger partial charge in [-0.1, -0.05) is 18.2 Å². The van der Waals surface area contributed by atoms with Crippen LogP contribution in [0.4, 0.5) is 17.2 Å². The lowest BCUT2D eigenvalue weighted by molar-refractivity contribution is -0.137. The Kier molecular flexibility index (Phi) is 6.95. The van der Waals surface area contributed by atoms with Gasteiger partial charge in [-0.15, -0.1) is 0 Å². The van der Waals surface area contributed by atoms with E-state index in [1.54, 1.807) is 19.2 Å². The molecule has 3 aromatic rings. The molecule has 2 N–H and O–H groups in total. The summed E-state index contributed by atoms with van der Waals surface area (Å²) in [5.74, 6) is -1.42. The number of para-hydroxylation sites is 1. The van der Waals surface area contributed by atoms with Gasteiger partial charge in [0.2, 0.25) is 5.91 Å². The summed E-state index contributed by atoms with van der Waals surface area (Å²) < 4.78 is 0. The molecule has 3 heterocycles. The van der Waals surface area contributed by atoms with Gasteiger partial charge in [-0.25, -0.2) is 4.98 Å². The maximum atomic E-state index is 13.6. The van der Waals surface area contributed by atoms with Crippen LogP contribution in [0, 0.1) is 0 Å². The fourth-order valence-electron chi connectivity index (χ4n) is 4.97. The van der Waals surface area contributed by atoms with Crippen LogP contribution in [0.25, 0.3) is 10.9 Å². The molecule has 196 valence electrons. The first-order valence-corrected chi connectivity index (χ1v) is 12.7. The van der Waals surface area contributed by atoms with Crippen molar-refractivity contribution >= 4 is 51.8 Å². The third-order valence-corrected chi connectivity index (χ3v) is 7.06. The van der Waals surface area contributed by atoms with Crippen molar-refractivity contribution < 1.29 is 24.3 Å². The lowest BCUT2D eigenvalue weighted by Crippen LogP contribution is -2.38. The average Bonchev–Trinajstić information content (AvgIpc) is 3.01. The molecule has 0 unspecified atom stereocenters. The molecule has 10 nitrogen and oxygen atoms in total. The van der Waals surface area contributed by atoms with E-state index in [1.807, 2.05) is 30.3 Å². The number of amides is 3. The fraction of sp³-hybridized carbons (Fsp3) is 0.321. The van der Waals surface area contributed by atoms with E-state index in [4.69, 9.17) is 10.1 Å². The summed E-state index contributed by atoms with van der Waals surface area (Å²) in [5, 5.41) is 12.7. The van der Waals surface area contributed by atoms with Gasteiger partial charge in [0.1, 0.15) is 12.4 Å². The standard InChI is InChI=1S/C28H29N5O5/c1-31-23-10-9-18(15-21(23)28(38)33(17-25(31)34)14-11-26(35)36)29-27(37)20-16-24(32-12-5-2-6-13-32)30-22-8-4-3-7-19(20)22/h3-4,7-10,15-16H,2,5-6,11-14,17H2,1H3,(H,29,37)(H,35,36). The third kappa shape index (κ3) is 5.02. The number of aromatic nitrogens is 1. The van der Waals surface area contributed by atoms with Crippen molar-refractivity contribution in [2.75, 3.05) is 48.3 Å². The summed E-state index contributed by atoms with van der Waals surface area (Å²) >= 11 is 0. The number of carboxylic acid groups (broad SMARTS) is 1. The van der Waals surface area contributed by atoms with Crippen molar-refractivity contribution in [2.45, 2.75) is 25.7 Å². The number of benzene rings is 2. The molecule has 0 radical (unpaired) electrons. The monoisotopic (exact) mass is 515 g/mol. The Balaban J connectivity index is 1.47. The summed E-state index contributed by atoms with van der Waals surface area (Å²) in [7, 11) is 1.57. The lowest BCUT2D eigenvalue weighted by atomic mass is 10.1. The van der Waals surface area contributed by atoms with Crippen molar-refractivity contribution in [1.82, 2.24) is 9.88 Å². The van der Waals surface area contributed by atoms with Gasteiger partial charge in [0, 0.05) is 37.8 Å². The molecule has 2 aromatic carbocycles. The zero-order chi connectivity index (χ0) is 26.8. The largest absolute Gasteiger partial charge is 0.481 e. The van der Waals surface area contributed by atoms with Crippen molar-refractivity contribution in [3.63, 3.8) is 0 Å². The Hall–Kier alpha value is -4.47. The van der Waals surface area contributed by atoms with Gasteiger partial charge in [-0.05, 0) is 49.6 Å². The highest BCUT2D eigenvalue weighted by Gasteiger charge is 2.30. The summed E-state index contributed by atoms with van der Waals surface area (Å²) in [6.45, 7) is 1.47. The molecule has 1 fully saturated rings. The Morgan fingerprint density at radius 1 is 1.03 bits per heavy atom. The molecule has 0 bridgehead atoms. The summed E-state index contributed by atoms with van der Waals surface area (Å²) in [5.41, 5.74) is 2.22. The topological polar surface area (TPSA) is 123 Å². The van der Waals surface area contributed by atoms with Crippen molar-refractivity contribution in [3.8, 4) is 0 Å². The number of piperidine rings is 1. The molecule has 0 atom stereocenters. The summed E-state index contributed by atoms with van der Waals surface area (Å²) in [4.78, 5) is 60.1.